The first kappa shape index (κ1) is 17.6. The summed E-state index contributed by atoms with van der Waals surface area (Å²) < 4.78 is 23.3. The number of hydrogen-bond acceptors (Lipinski definition) is 5. The van der Waals surface area contributed by atoms with Crippen molar-refractivity contribution in [1.29, 1.82) is 0 Å². The third-order valence-corrected chi connectivity index (χ3v) is 3.86. The quantitative estimate of drug-likeness (QED) is 0.680. The molecule has 2 aromatic carbocycles. The molecule has 6 nitrogen and oxygen atoms in total. The summed E-state index contributed by atoms with van der Waals surface area (Å²) in [5, 5.41) is 3.95. The number of amides is 1. The first-order valence-electron chi connectivity index (χ1n) is 8.00. The molecule has 0 aliphatic heterocycles. The van der Waals surface area contributed by atoms with E-state index in [1.165, 1.54) is 17.0 Å². The number of rotatable bonds is 6. The summed E-state index contributed by atoms with van der Waals surface area (Å²) in [6, 6.07) is 13.2. The van der Waals surface area contributed by atoms with Gasteiger partial charge in [0.1, 0.15) is 11.6 Å². The monoisotopic (exact) mass is 355 g/mol. The van der Waals surface area contributed by atoms with Gasteiger partial charge in [-0.2, -0.15) is 4.98 Å². The highest BCUT2D eigenvalue weighted by Crippen LogP contribution is 2.21. The molecule has 0 N–H and O–H groups in total. The molecule has 0 atom stereocenters. The average Bonchev–Trinajstić information content (AvgIpc) is 3.12. The van der Waals surface area contributed by atoms with Gasteiger partial charge in [0.05, 0.1) is 20.1 Å². The van der Waals surface area contributed by atoms with Gasteiger partial charge in [-0.05, 0) is 29.8 Å². The van der Waals surface area contributed by atoms with Crippen molar-refractivity contribution in [3.8, 4) is 17.1 Å². The lowest BCUT2D eigenvalue weighted by Crippen LogP contribution is -2.27. The van der Waals surface area contributed by atoms with Crippen LogP contribution < -0.4 is 4.74 Å². The standard InChI is InChI=1S/C19H18FN3O3/c1-23(18(24)10-13-6-8-15(20)9-7-13)12-17-21-19(22-26-17)14-4-3-5-16(11-14)25-2/h3-9,11H,10,12H2,1-2H3. The van der Waals surface area contributed by atoms with Gasteiger partial charge in [-0.15, -0.1) is 0 Å². The summed E-state index contributed by atoms with van der Waals surface area (Å²) in [6.07, 6.45) is 0.174. The number of carbonyl (C=O) groups excluding carboxylic acids is 1. The van der Waals surface area contributed by atoms with Crippen molar-refractivity contribution in [2.75, 3.05) is 14.2 Å². The minimum Gasteiger partial charge on any atom is -0.497 e. The van der Waals surface area contributed by atoms with Gasteiger partial charge in [0, 0.05) is 12.6 Å². The molecule has 1 amide bonds. The fourth-order valence-corrected chi connectivity index (χ4v) is 2.40. The zero-order chi connectivity index (χ0) is 18.5. The van der Waals surface area contributed by atoms with Gasteiger partial charge in [0.25, 0.3) is 0 Å². The highest BCUT2D eigenvalue weighted by molar-refractivity contribution is 5.78. The highest BCUT2D eigenvalue weighted by Gasteiger charge is 2.15. The van der Waals surface area contributed by atoms with Crippen LogP contribution in [0.15, 0.2) is 53.1 Å². The second-order valence-electron chi connectivity index (χ2n) is 5.80. The molecular weight excluding hydrogens is 337 g/mol. The zero-order valence-electron chi connectivity index (χ0n) is 14.5. The summed E-state index contributed by atoms with van der Waals surface area (Å²) >= 11 is 0. The normalized spacial score (nSPS) is 10.6. The fourth-order valence-electron chi connectivity index (χ4n) is 2.40. The Labute approximate surface area is 150 Å². The van der Waals surface area contributed by atoms with Crippen LogP contribution in [0.4, 0.5) is 4.39 Å². The summed E-state index contributed by atoms with van der Waals surface area (Å²) in [5.74, 6) is 1.000. The number of methoxy groups -OCH3 is 1. The van der Waals surface area contributed by atoms with Crippen molar-refractivity contribution in [3.63, 3.8) is 0 Å². The largest absolute Gasteiger partial charge is 0.497 e. The summed E-state index contributed by atoms with van der Waals surface area (Å²) in [4.78, 5) is 18.1. The van der Waals surface area contributed by atoms with E-state index in [0.29, 0.717) is 17.5 Å². The Kier molecular flexibility index (Phi) is 5.26. The molecule has 0 unspecified atom stereocenters. The van der Waals surface area contributed by atoms with Crippen molar-refractivity contribution in [2.24, 2.45) is 0 Å². The summed E-state index contributed by atoms with van der Waals surface area (Å²) in [6.45, 7) is 0.191. The van der Waals surface area contributed by atoms with Gasteiger partial charge >= 0.3 is 0 Å². The van der Waals surface area contributed by atoms with E-state index in [1.54, 1.807) is 32.4 Å². The minimum absolute atomic E-state index is 0.127. The molecule has 0 saturated carbocycles. The number of nitrogens with zero attached hydrogens (tertiary/aromatic N) is 3. The predicted octanol–water partition coefficient (Wildman–Crippen LogP) is 3.09. The fraction of sp³-hybridized carbons (Fsp3) is 0.211. The molecule has 0 spiro atoms. The third-order valence-electron chi connectivity index (χ3n) is 3.86. The molecule has 7 heteroatoms. The number of aromatic nitrogens is 2. The molecule has 0 aliphatic rings. The maximum absolute atomic E-state index is 12.9. The van der Waals surface area contributed by atoms with Crippen LogP contribution in [0.25, 0.3) is 11.4 Å². The molecular formula is C19H18FN3O3. The SMILES string of the molecule is COc1cccc(-c2noc(CN(C)C(=O)Cc3ccc(F)cc3)n2)c1. The number of hydrogen-bond donors (Lipinski definition) is 0. The predicted molar refractivity (Wildman–Crippen MR) is 92.9 cm³/mol. The van der Waals surface area contributed by atoms with E-state index in [4.69, 9.17) is 9.26 Å². The maximum atomic E-state index is 12.9. The molecule has 1 heterocycles. The summed E-state index contributed by atoms with van der Waals surface area (Å²) in [7, 11) is 3.24. The van der Waals surface area contributed by atoms with Gasteiger partial charge in [0.15, 0.2) is 0 Å². The van der Waals surface area contributed by atoms with Gasteiger partial charge in [0.2, 0.25) is 17.6 Å². The maximum Gasteiger partial charge on any atom is 0.246 e. The molecule has 3 rings (SSSR count). The van der Waals surface area contributed by atoms with Crippen LogP contribution in [0, 0.1) is 5.82 Å². The summed E-state index contributed by atoms with van der Waals surface area (Å²) in [5.41, 5.74) is 1.51. The minimum atomic E-state index is -0.328. The van der Waals surface area contributed by atoms with E-state index in [1.807, 2.05) is 18.2 Å². The lowest BCUT2D eigenvalue weighted by atomic mass is 10.1. The van der Waals surface area contributed by atoms with Gasteiger partial charge in [-0.3, -0.25) is 4.79 Å². The molecule has 1 aromatic heterocycles. The number of benzene rings is 2. The number of halogens is 1. The molecule has 0 bridgehead atoms. The van der Waals surface area contributed by atoms with Crippen LogP contribution in [0.5, 0.6) is 5.75 Å². The number of ether oxygens (including phenoxy) is 1. The van der Waals surface area contributed by atoms with Crippen LogP contribution in [0.2, 0.25) is 0 Å². The Bertz CT molecular complexity index is 893. The molecule has 0 saturated heterocycles. The van der Waals surface area contributed by atoms with E-state index < -0.39 is 0 Å². The van der Waals surface area contributed by atoms with Crippen molar-refractivity contribution in [2.45, 2.75) is 13.0 Å². The van der Waals surface area contributed by atoms with E-state index in [9.17, 15) is 9.18 Å². The molecule has 26 heavy (non-hydrogen) atoms. The van der Waals surface area contributed by atoms with Crippen LogP contribution in [-0.4, -0.2) is 35.1 Å². The Balaban J connectivity index is 1.64. The van der Waals surface area contributed by atoms with Gasteiger partial charge in [-0.1, -0.05) is 29.4 Å². The van der Waals surface area contributed by atoms with E-state index in [0.717, 1.165) is 11.1 Å². The van der Waals surface area contributed by atoms with Crippen LogP contribution in [0.1, 0.15) is 11.5 Å². The zero-order valence-corrected chi connectivity index (χ0v) is 14.5. The second-order valence-corrected chi connectivity index (χ2v) is 5.80. The van der Waals surface area contributed by atoms with Crippen LogP contribution >= 0.6 is 0 Å². The lowest BCUT2D eigenvalue weighted by molar-refractivity contribution is -0.130. The van der Waals surface area contributed by atoms with Crippen molar-refractivity contribution in [1.82, 2.24) is 15.0 Å². The van der Waals surface area contributed by atoms with Crippen molar-refractivity contribution >= 4 is 5.91 Å². The van der Waals surface area contributed by atoms with Crippen LogP contribution in [-0.2, 0) is 17.8 Å². The van der Waals surface area contributed by atoms with Gasteiger partial charge < -0.3 is 14.2 Å². The highest BCUT2D eigenvalue weighted by atomic mass is 19.1. The Morgan fingerprint density at radius 1 is 1.23 bits per heavy atom. The van der Waals surface area contributed by atoms with E-state index >= 15 is 0 Å². The smallest absolute Gasteiger partial charge is 0.246 e. The molecule has 0 aliphatic carbocycles. The Morgan fingerprint density at radius 2 is 2.00 bits per heavy atom. The first-order valence-corrected chi connectivity index (χ1v) is 8.00. The Hall–Kier alpha value is -3.22. The van der Waals surface area contributed by atoms with Crippen molar-refractivity contribution in [3.05, 3.63) is 65.8 Å². The molecule has 134 valence electrons. The van der Waals surface area contributed by atoms with E-state index in [2.05, 4.69) is 10.1 Å². The third kappa shape index (κ3) is 4.24. The Morgan fingerprint density at radius 3 is 2.73 bits per heavy atom. The van der Waals surface area contributed by atoms with Gasteiger partial charge in [-0.25, -0.2) is 4.39 Å². The lowest BCUT2D eigenvalue weighted by Gasteiger charge is -2.14. The second kappa shape index (κ2) is 7.77. The average molecular weight is 355 g/mol. The molecule has 0 fully saturated rings. The molecule has 3 aromatic rings. The number of likely N-dealkylation sites (N-methyl/N-ethyl adjacent to an activating group) is 1. The van der Waals surface area contributed by atoms with Crippen LogP contribution in [0.3, 0.4) is 0 Å². The number of carbonyl (C=O) groups is 1. The van der Waals surface area contributed by atoms with Crippen molar-refractivity contribution < 1.29 is 18.4 Å². The topological polar surface area (TPSA) is 68.5 Å². The first-order chi connectivity index (χ1) is 12.5. The molecule has 0 radical (unpaired) electrons. The van der Waals surface area contributed by atoms with E-state index in [-0.39, 0.29) is 24.7 Å².